The zero-order chi connectivity index (χ0) is 16.4. The number of carbonyl (C=O) groups excluding carboxylic acids is 1. The molecule has 6 heteroatoms. The number of esters is 1. The Hall–Kier alpha value is -2.47. The minimum absolute atomic E-state index is 0.113. The van der Waals surface area contributed by atoms with Crippen molar-refractivity contribution in [3.8, 4) is 10.4 Å². The number of thiophene rings is 1. The third kappa shape index (κ3) is 3.03. The third-order valence-electron chi connectivity index (χ3n) is 3.49. The lowest BCUT2D eigenvalue weighted by Gasteiger charge is -2.08. The van der Waals surface area contributed by atoms with E-state index in [-0.39, 0.29) is 12.1 Å². The molecule has 118 valence electrons. The largest absolute Gasteiger partial charge is 0.465 e. The van der Waals surface area contributed by atoms with E-state index in [1.807, 2.05) is 36.4 Å². The first kappa shape index (κ1) is 15.4. The molecule has 0 spiro atoms. The summed E-state index contributed by atoms with van der Waals surface area (Å²) in [4.78, 5) is 30.5. The van der Waals surface area contributed by atoms with Crippen LogP contribution in [0.3, 0.4) is 0 Å². The highest BCUT2D eigenvalue weighted by molar-refractivity contribution is 7.21. The van der Waals surface area contributed by atoms with E-state index in [4.69, 9.17) is 4.74 Å². The van der Waals surface area contributed by atoms with Crippen molar-refractivity contribution in [2.75, 3.05) is 6.61 Å². The van der Waals surface area contributed by atoms with Gasteiger partial charge in [-0.15, -0.1) is 11.3 Å². The molecule has 0 aliphatic carbocycles. The van der Waals surface area contributed by atoms with Gasteiger partial charge in [0.2, 0.25) is 0 Å². The molecular formula is C17H16N2O3S. The number of ether oxygens (including phenoxy) is 1. The normalized spacial score (nSPS) is 10.9. The SMILES string of the molecule is CCOC(=O)Cn1c(C)nc2sc(-c3ccccc3)cc2c1=O. The molecule has 0 fully saturated rings. The van der Waals surface area contributed by atoms with Crippen LogP contribution in [0.5, 0.6) is 0 Å². The molecule has 0 N–H and O–H groups in total. The van der Waals surface area contributed by atoms with Crippen molar-refractivity contribution in [1.82, 2.24) is 9.55 Å². The molecule has 23 heavy (non-hydrogen) atoms. The number of benzene rings is 1. The van der Waals surface area contributed by atoms with Crippen LogP contribution in [-0.2, 0) is 16.1 Å². The van der Waals surface area contributed by atoms with E-state index in [2.05, 4.69) is 4.98 Å². The average Bonchev–Trinajstić information content (AvgIpc) is 2.97. The van der Waals surface area contributed by atoms with Crippen LogP contribution in [0.4, 0.5) is 0 Å². The van der Waals surface area contributed by atoms with E-state index < -0.39 is 5.97 Å². The van der Waals surface area contributed by atoms with Gasteiger partial charge in [0.25, 0.3) is 5.56 Å². The van der Waals surface area contributed by atoms with Crippen molar-refractivity contribution in [3.05, 3.63) is 52.6 Å². The number of nitrogens with zero attached hydrogens (tertiary/aromatic N) is 2. The first-order valence-corrected chi connectivity index (χ1v) is 8.14. The molecule has 2 aromatic heterocycles. The minimum atomic E-state index is -0.433. The van der Waals surface area contributed by atoms with Crippen molar-refractivity contribution >= 4 is 27.5 Å². The predicted molar refractivity (Wildman–Crippen MR) is 90.7 cm³/mol. The van der Waals surface area contributed by atoms with Gasteiger partial charge in [0, 0.05) is 4.88 Å². The quantitative estimate of drug-likeness (QED) is 0.691. The van der Waals surface area contributed by atoms with Gasteiger partial charge in [-0.3, -0.25) is 14.2 Å². The lowest BCUT2D eigenvalue weighted by molar-refractivity contribution is -0.143. The van der Waals surface area contributed by atoms with Gasteiger partial charge in [-0.25, -0.2) is 4.98 Å². The molecule has 1 aromatic carbocycles. The fourth-order valence-corrected chi connectivity index (χ4v) is 3.46. The average molecular weight is 328 g/mol. The highest BCUT2D eigenvalue weighted by atomic mass is 32.1. The number of fused-ring (bicyclic) bond motifs is 1. The second kappa shape index (κ2) is 6.34. The molecule has 2 heterocycles. The molecule has 3 rings (SSSR count). The highest BCUT2D eigenvalue weighted by Crippen LogP contribution is 2.30. The molecule has 0 saturated heterocycles. The van der Waals surface area contributed by atoms with Gasteiger partial charge >= 0.3 is 5.97 Å². The molecule has 0 aliphatic heterocycles. The number of aromatic nitrogens is 2. The summed E-state index contributed by atoms with van der Waals surface area (Å²) in [5.41, 5.74) is 0.837. The van der Waals surface area contributed by atoms with Gasteiger partial charge in [-0.1, -0.05) is 30.3 Å². The Morgan fingerprint density at radius 3 is 2.74 bits per heavy atom. The summed E-state index contributed by atoms with van der Waals surface area (Å²) in [6, 6.07) is 11.7. The van der Waals surface area contributed by atoms with Crippen molar-refractivity contribution in [2.45, 2.75) is 20.4 Å². The van der Waals surface area contributed by atoms with Crippen molar-refractivity contribution < 1.29 is 9.53 Å². The molecule has 0 unspecified atom stereocenters. The maximum Gasteiger partial charge on any atom is 0.326 e. The van der Waals surface area contributed by atoms with Crippen LogP contribution in [0.15, 0.2) is 41.2 Å². The number of carbonyl (C=O) groups is 1. The van der Waals surface area contributed by atoms with Gasteiger partial charge in [-0.2, -0.15) is 0 Å². The Kier molecular flexibility index (Phi) is 4.25. The molecular weight excluding hydrogens is 312 g/mol. The number of rotatable bonds is 4. The summed E-state index contributed by atoms with van der Waals surface area (Å²) in [6.45, 7) is 3.64. The maximum atomic E-state index is 12.7. The molecule has 5 nitrogen and oxygen atoms in total. The Labute approximate surface area is 137 Å². The Morgan fingerprint density at radius 1 is 1.30 bits per heavy atom. The van der Waals surface area contributed by atoms with E-state index in [1.54, 1.807) is 13.8 Å². The van der Waals surface area contributed by atoms with Gasteiger partial charge in [0.1, 0.15) is 17.2 Å². The van der Waals surface area contributed by atoms with E-state index in [0.29, 0.717) is 22.6 Å². The second-order valence-electron chi connectivity index (χ2n) is 5.05. The molecule has 0 atom stereocenters. The molecule has 0 amide bonds. The van der Waals surface area contributed by atoms with Crippen LogP contribution in [0.2, 0.25) is 0 Å². The second-order valence-corrected chi connectivity index (χ2v) is 6.08. The first-order chi connectivity index (χ1) is 11.1. The molecule has 3 aromatic rings. The van der Waals surface area contributed by atoms with Gasteiger partial charge < -0.3 is 4.74 Å². The predicted octanol–water partition coefficient (Wildman–Crippen LogP) is 3.00. The Bertz CT molecular complexity index is 913. The lowest BCUT2D eigenvalue weighted by atomic mass is 10.2. The smallest absolute Gasteiger partial charge is 0.326 e. The Morgan fingerprint density at radius 2 is 2.04 bits per heavy atom. The third-order valence-corrected chi connectivity index (χ3v) is 4.57. The number of hydrogen-bond donors (Lipinski definition) is 0. The van der Waals surface area contributed by atoms with Crippen molar-refractivity contribution in [3.63, 3.8) is 0 Å². The van der Waals surface area contributed by atoms with E-state index >= 15 is 0 Å². The van der Waals surface area contributed by atoms with Crippen LogP contribution >= 0.6 is 11.3 Å². The van der Waals surface area contributed by atoms with Crippen LogP contribution in [-0.4, -0.2) is 22.1 Å². The minimum Gasteiger partial charge on any atom is -0.465 e. The van der Waals surface area contributed by atoms with Crippen LogP contribution in [0.25, 0.3) is 20.7 Å². The zero-order valence-electron chi connectivity index (χ0n) is 12.9. The molecule has 0 radical (unpaired) electrons. The highest BCUT2D eigenvalue weighted by Gasteiger charge is 2.15. The fraction of sp³-hybridized carbons (Fsp3) is 0.235. The first-order valence-electron chi connectivity index (χ1n) is 7.32. The van der Waals surface area contributed by atoms with Crippen LogP contribution in [0.1, 0.15) is 12.7 Å². The van der Waals surface area contributed by atoms with Crippen molar-refractivity contribution in [2.24, 2.45) is 0 Å². The van der Waals surface area contributed by atoms with Crippen molar-refractivity contribution in [1.29, 1.82) is 0 Å². The molecule has 0 aliphatic rings. The summed E-state index contributed by atoms with van der Waals surface area (Å²) in [6.07, 6.45) is 0. The lowest BCUT2D eigenvalue weighted by Crippen LogP contribution is -2.27. The molecule has 0 saturated carbocycles. The standard InChI is InChI=1S/C17H16N2O3S/c1-3-22-15(20)10-19-11(2)18-16-13(17(19)21)9-14(23-16)12-7-5-4-6-8-12/h4-9H,3,10H2,1-2H3. The summed E-state index contributed by atoms with van der Waals surface area (Å²) in [5.74, 6) is 0.0781. The number of hydrogen-bond acceptors (Lipinski definition) is 5. The maximum absolute atomic E-state index is 12.7. The van der Waals surface area contributed by atoms with E-state index in [0.717, 1.165) is 10.4 Å². The Balaban J connectivity index is 2.08. The monoisotopic (exact) mass is 328 g/mol. The van der Waals surface area contributed by atoms with Gasteiger partial charge in [0.05, 0.1) is 12.0 Å². The van der Waals surface area contributed by atoms with Gasteiger partial charge in [-0.05, 0) is 25.5 Å². The fourth-order valence-electron chi connectivity index (χ4n) is 2.38. The summed E-state index contributed by atoms with van der Waals surface area (Å²) < 4.78 is 6.28. The zero-order valence-corrected chi connectivity index (χ0v) is 13.7. The van der Waals surface area contributed by atoms with Crippen LogP contribution in [0, 0.1) is 6.92 Å². The van der Waals surface area contributed by atoms with Crippen LogP contribution < -0.4 is 5.56 Å². The topological polar surface area (TPSA) is 61.2 Å². The van der Waals surface area contributed by atoms with Gasteiger partial charge in [0.15, 0.2) is 0 Å². The number of aryl methyl sites for hydroxylation is 1. The molecule has 0 bridgehead atoms. The van der Waals surface area contributed by atoms with E-state index in [9.17, 15) is 9.59 Å². The summed E-state index contributed by atoms with van der Waals surface area (Å²) in [5, 5.41) is 0.531. The summed E-state index contributed by atoms with van der Waals surface area (Å²) >= 11 is 1.48. The van der Waals surface area contributed by atoms with E-state index in [1.165, 1.54) is 15.9 Å². The summed E-state index contributed by atoms with van der Waals surface area (Å²) in [7, 11) is 0.